The van der Waals surface area contributed by atoms with Gasteiger partial charge in [0.05, 0.1) is 7.11 Å². The van der Waals surface area contributed by atoms with Gasteiger partial charge in [0.15, 0.2) is 11.6 Å². The van der Waals surface area contributed by atoms with Crippen molar-refractivity contribution in [2.75, 3.05) is 12.9 Å². The van der Waals surface area contributed by atoms with Crippen molar-refractivity contribution < 1.29 is 9.13 Å². The monoisotopic (exact) mass is 311 g/mol. The van der Waals surface area contributed by atoms with Crippen LogP contribution in [0.4, 0.5) is 4.39 Å². The molecular weight excluding hydrogens is 297 g/mol. The Morgan fingerprint density at radius 3 is 2.60 bits per heavy atom. The first kappa shape index (κ1) is 15.2. The van der Waals surface area contributed by atoms with Crippen LogP contribution in [-0.2, 0) is 0 Å². The van der Waals surface area contributed by atoms with E-state index in [9.17, 15) is 4.39 Å². The molecule has 2 nitrogen and oxygen atoms in total. The third kappa shape index (κ3) is 3.66. The van der Waals surface area contributed by atoms with Crippen LogP contribution in [0.1, 0.15) is 11.6 Å². The van der Waals surface area contributed by atoms with Gasteiger partial charge in [-0.15, -0.1) is 11.8 Å². The topological polar surface area (TPSA) is 35.2 Å². The van der Waals surface area contributed by atoms with Crippen LogP contribution in [0.5, 0.6) is 5.75 Å². The normalized spacial score (nSPS) is 12.2. The largest absolute Gasteiger partial charge is 0.494 e. The van der Waals surface area contributed by atoms with Crippen molar-refractivity contribution in [1.82, 2.24) is 0 Å². The highest BCUT2D eigenvalue weighted by Gasteiger charge is 2.15. The molecule has 0 aromatic heterocycles. The first-order valence-electron chi connectivity index (χ1n) is 6.08. The average Bonchev–Trinajstić information content (AvgIpc) is 2.46. The molecule has 0 amide bonds. The number of rotatable bonds is 5. The number of benzene rings is 2. The lowest BCUT2D eigenvalue weighted by molar-refractivity contribution is 0.383. The second kappa shape index (κ2) is 6.97. The highest BCUT2D eigenvalue weighted by molar-refractivity contribution is 7.99. The van der Waals surface area contributed by atoms with Crippen LogP contribution in [0.2, 0.25) is 5.02 Å². The zero-order valence-electron chi connectivity index (χ0n) is 11.0. The second-order valence-corrected chi connectivity index (χ2v) is 5.76. The summed E-state index contributed by atoms with van der Waals surface area (Å²) in [7, 11) is 1.44. The van der Waals surface area contributed by atoms with E-state index in [4.69, 9.17) is 22.1 Å². The van der Waals surface area contributed by atoms with Crippen molar-refractivity contribution in [2.24, 2.45) is 5.73 Å². The van der Waals surface area contributed by atoms with Gasteiger partial charge in [-0.05, 0) is 30.3 Å². The molecule has 0 radical (unpaired) electrons. The van der Waals surface area contributed by atoms with Gasteiger partial charge in [-0.1, -0.05) is 23.7 Å². The molecule has 5 heteroatoms. The van der Waals surface area contributed by atoms with E-state index in [-0.39, 0.29) is 11.6 Å². The zero-order chi connectivity index (χ0) is 14.5. The SMILES string of the molecule is COc1cccc(C(N)CSc2ccc(Cl)cc2)c1F. The number of halogens is 2. The Hall–Kier alpha value is -1.23. The highest BCUT2D eigenvalue weighted by atomic mass is 35.5. The van der Waals surface area contributed by atoms with Crippen molar-refractivity contribution in [3.8, 4) is 5.75 Å². The predicted molar refractivity (Wildman–Crippen MR) is 82.1 cm³/mol. The molecule has 0 spiro atoms. The smallest absolute Gasteiger partial charge is 0.169 e. The maximum Gasteiger partial charge on any atom is 0.169 e. The van der Waals surface area contributed by atoms with Gasteiger partial charge in [-0.25, -0.2) is 4.39 Å². The minimum absolute atomic E-state index is 0.217. The van der Waals surface area contributed by atoms with Gasteiger partial charge in [0.2, 0.25) is 0 Å². The fourth-order valence-corrected chi connectivity index (χ4v) is 2.78. The van der Waals surface area contributed by atoms with Crippen LogP contribution < -0.4 is 10.5 Å². The van der Waals surface area contributed by atoms with E-state index in [0.29, 0.717) is 16.3 Å². The molecule has 2 rings (SSSR count). The van der Waals surface area contributed by atoms with Crippen LogP contribution in [0, 0.1) is 5.82 Å². The molecule has 0 saturated heterocycles. The lowest BCUT2D eigenvalue weighted by Gasteiger charge is -2.14. The molecule has 0 saturated carbocycles. The molecule has 0 heterocycles. The molecule has 2 aromatic carbocycles. The summed E-state index contributed by atoms with van der Waals surface area (Å²) in [6.45, 7) is 0. The van der Waals surface area contributed by atoms with Crippen molar-refractivity contribution in [3.05, 3.63) is 58.9 Å². The van der Waals surface area contributed by atoms with Crippen molar-refractivity contribution >= 4 is 23.4 Å². The lowest BCUT2D eigenvalue weighted by atomic mass is 10.1. The van der Waals surface area contributed by atoms with Crippen molar-refractivity contribution in [1.29, 1.82) is 0 Å². The number of methoxy groups -OCH3 is 1. The summed E-state index contributed by atoms with van der Waals surface area (Å²) in [5, 5.41) is 0.692. The summed E-state index contributed by atoms with van der Waals surface area (Å²) in [5.74, 6) is 0.403. The van der Waals surface area contributed by atoms with Crippen LogP contribution >= 0.6 is 23.4 Å². The highest BCUT2D eigenvalue weighted by Crippen LogP contribution is 2.28. The minimum atomic E-state index is -0.397. The van der Waals surface area contributed by atoms with Gasteiger partial charge in [-0.3, -0.25) is 0 Å². The summed E-state index contributed by atoms with van der Waals surface area (Å²) in [5.41, 5.74) is 6.52. The van der Waals surface area contributed by atoms with Gasteiger partial charge in [0.1, 0.15) is 0 Å². The van der Waals surface area contributed by atoms with Gasteiger partial charge in [0, 0.05) is 27.3 Å². The number of ether oxygens (including phenoxy) is 1. The zero-order valence-corrected chi connectivity index (χ0v) is 12.5. The molecular formula is C15H15ClFNOS. The number of hydrogen-bond donors (Lipinski definition) is 1. The fraction of sp³-hybridized carbons (Fsp3) is 0.200. The van der Waals surface area contributed by atoms with Gasteiger partial charge in [-0.2, -0.15) is 0 Å². The summed E-state index contributed by atoms with van der Waals surface area (Å²) < 4.78 is 19.0. The standard InChI is InChI=1S/C15H15ClFNOS/c1-19-14-4-2-3-12(15(14)17)13(18)9-20-11-7-5-10(16)6-8-11/h2-8,13H,9,18H2,1H3. The molecule has 0 bridgehead atoms. The molecule has 1 atom stereocenters. The molecule has 2 aromatic rings. The Kier molecular flexibility index (Phi) is 5.29. The van der Waals surface area contributed by atoms with Crippen LogP contribution in [0.15, 0.2) is 47.4 Å². The lowest BCUT2D eigenvalue weighted by Crippen LogP contribution is -2.15. The molecule has 0 aliphatic heterocycles. The number of nitrogens with two attached hydrogens (primary N) is 1. The Morgan fingerprint density at radius 2 is 1.95 bits per heavy atom. The Bertz CT molecular complexity index is 577. The van der Waals surface area contributed by atoms with E-state index in [1.165, 1.54) is 7.11 Å². The first-order chi connectivity index (χ1) is 9.61. The Balaban J connectivity index is 2.05. The van der Waals surface area contributed by atoms with E-state index in [2.05, 4.69) is 0 Å². The molecule has 0 aliphatic rings. The summed E-state index contributed by atoms with van der Waals surface area (Å²) >= 11 is 7.39. The molecule has 20 heavy (non-hydrogen) atoms. The van der Waals surface area contributed by atoms with Gasteiger partial charge >= 0.3 is 0 Å². The first-order valence-corrected chi connectivity index (χ1v) is 7.44. The third-order valence-corrected chi connectivity index (χ3v) is 4.24. The minimum Gasteiger partial charge on any atom is -0.494 e. The van der Waals surface area contributed by atoms with E-state index in [1.807, 2.05) is 24.3 Å². The van der Waals surface area contributed by atoms with Crippen molar-refractivity contribution in [2.45, 2.75) is 10.9 Å². The average molecular weight is 312 g/mol. The molecule has 0 aliphatic carbocycles. The van der Waals surface area contributed by atoms with Crippen LogP contribution in [0.3, 0.4) is 0 Å². The Morgan fingerprint density at radius 1 is 1.25 bits per heavy atom. The number of hydrogen-bond acceptors (Lipinski definition) is 3. The van der Waals surface area contributed by atoms with E-state index < -0.39 is 6.04 Å². The fourth-order valence-electron chi connectivity index (χ4n) is 1.78. The summed E-state index contributed by atoms with van der Waals surface area (Å²) in [4.78, 5) is 1.05. The maximum atomic E-state index is 14.1. The van der Waals surface area contributed by atoms with Gasteiger partial charge in [0.25, 0.3) is 0 Å². The predicted octanol–water partition coefficient (Wildman–Crippen LogP) is 4.28. The quantitative estimate of drug-likeness (QED) is 0.837. The van der Waals surface area contributed by atoms with Crippen LogP contribution in [-0.4, -0.2) is 12.9 Å². The Labute approximate surface area is 127 Å². The summed E-state index contributed by atoms with van der Waals surface area (Å²) in [6.07, 6.45) is 0. The molecule has 2 N–H and O–H groups in total. The van der Waals surface area contributed by atoms with E-state index in [1.54, 1.807) is 30.0 Å². The number of thioether (sulfide) groups is 1. The van der Waals surface area contributed by atoms with E-state index >= 15 is 0 Å². The maximum absolute atomic E-state index is 14.1. The van der Waals surface area contributed by atoms with E-state index in [0.717, 1.165) is 4.90 Å². The van der Waals surface area contributed by atoms with Crippen molar-refractivity contribution in [3.63, 3.8) is 0 Å². The summed E-state index contributed by atoms with van der Waals surface area (Å²) in [6, 6.07) is 12.1. The molecule has 0 fully saturated rings. The van der Waals surface area contributed by atoms with Gasteiger partial charge < -0.3 is 10.5 Å². The molecule has 1 unspecified atom stereocenters. The van der Waals surface area contributed by atoms with Crippen LogP contribution in [0.25, 0.3) is 0 Å². The second-order valence-electron chi connectivity index (χ2n) is 4.23. The molecule has 106 valence electrons. The third-order valence-electron chi connectivity index (χ3n) is 2.86.